The predicted octanol–water partition coefficient (Wildman–Crippen LogP) is 4.37. The average molecular weight is 358 g/mol. The van der Waals surface area contributed by atoms with E-state index in [1.54, 1.807) is 9.80 Å². The third-order valence-corrected chi connectivity index (χ3v) is 5.07. The van der Waals surface area contributed by atoms with Crippen LogP contribution in [0.2, 0.25) is 0 Å². The third kappa shape index (κ3) is 3.56. The van der Waals surface area contributed by atoms with E-state index in [0.717, 1.165) is 28.4 Å². The molecule has 1 aliphatic rings. The number of nitrogens with zero attached hydrogens (tertiary/aromatic N) is 2. The smallest absolute Gasteiger partial charge is 0.259 e. The maximum Gasteiger partial charge on any atom is 0.259 e. The minimum absolute atomic E-state index is 0.0932. The van der Waals surface area contributed by atoms with Gasteiger partial charge in [-0.15, -0.1) is 0 Å². The van der Waals surface area contributed by atoms with Crippen LogP contribution in [0.4, 0.5) is 5.69 Å². The highest BCUT2D eigenvalue weighted by Gasteiger charge is 2.26. The van der Waals surface area contributed by atoms with Crippen LogP contribution < -0.4 is 4.90 Å². The van der Waals surface area contributed by atoms with Gasteiger partial charge in [0.25, 0.3) is 5.91 Å². The third-order valence-electron chi connectivity index (χ3n) is 5.07. The van der Waals surface area contributed by atoms with Crippen molar-refractivity contribution >= 4 is 28.3 Å². The number of anilines is 1. The Kier molecular flexibility index (Phi) is 4.63. The summed E-state index contributed by atoms with van der Waals surface area (Å²) >= 11 is 0. The molecule has 0 aromatic heterocycles. The van der Waals surface area contributed by atoms with Gasteiger partial charge in [0, 0.05) is 24.2 Å². The number of hydrogen-bond acceptors (Lipinski definition) is 2. The van der Waals surface area contributed by atoms with Gasteiger partial charge in [-0.05, 0) is 48.4 Å². The van der Waals surface area contributed by atoms with E-state index in [0.29, 0.717) is 18.5 Å². The Labute approximate surface area is 159 Å². The van der Waals surface area contributed by atoms with Crippen molar-refractivity contribution in [3.63, 3.8) is 0 Å². The van der Waals surface area contributed by atoms with Crippen LogP contribution in [0.15, 0.2) is 66.7 Å². The molecule has 1 aliphatic heterocycles. The van der Waals surface area contributed by atoms with Crippen LogP contribution in [0.5, 0.6) is 0 Å². The Morgan fingerprint density at radius 3 is 2.44 bits per heavy atom. The summed E-state index contributed by atoms with van der Waals surface area (Å²) in [6, 6.07) is 21.6. The number of amides is 2. The predicted molar refractivity (Wildman–Crippen MR) is 108 cm³/mol. The lowest BCUT2D eigenvalue weighted by atomic mass is 10.1. The highest BCUT2D eigenvalue weighted by Crippen LogP contribution is 2.23. The van der Waals surface area contributed by atoms with E-state index in [1.165, 1.54) is 0 Å². The minimum atomic E-state index is -0.0932. The van der Waals surface area contributed by atoms with E-state index >= 15 is 0 Å². The standard InChI is InChI=1S/C23H22N2O2/c1-17-8-12-21(13-9-17)25(16-24-14-4-7-22(24)26)23(27)20-11-10-18-5-2-3-6-19(18)15-20/h2-3,5-6,8-13,15H,4,7,14,16H2,1H3. The second-order valence-corrected chi connectivity index (χ2v) is 7.03. The van der Waals surface area contributed by atoms with Gasteiger partial charge in [0.05, 0.1) is 0 Å². The lowest BCUT2D eigenvalue weighted by molar-refractivity contribution is -0.127. The number of aryl methyl sites for hydroxylation is 1. The number of benzene rings is 3. The van der Waals surface area contributed by atoms with Crippen LogP contribution in [0.25, 0.3) is 10.8 Å². The number of carbonyl (C=O) groups is 2. The van der Waals surface area contributed by atoms with Crippen molar-refractivity contribution in [3.05, 3.63) is 77.9 Å². The number of likely N-dealkylation sites (tertiary alicyclic amines) is 1. The SMILES string of the molecule is Cc1ccc(N(CN2CCCC2=O)C(=O)c2ccc3ccccc3c2)cc1. The van der Waals surface area contributed by atoms with Crippen LogP contribution in [0.1, 0.15) is 28.8 Å². The van der Waals surface area contributed by atoms with Crippen LogP contribution in [0.3, 0.4) is 0 Å². The number of rotatable bonds is 4. The van der Waals surface area contributed by atoms with Gasteiger partial charge >= 0.3 is 0 Å². The molecule has 0 aliphatic carbocycles. The Bertz CT molecular complexity index is 995. The second kappa shape index (κ2) is 7.23. The van der Waals surface area contributed by atoms with Gasteiger partial charge in [-0.25, -0.2) is 0 Å². The van der Waals surface area contributed by atoms with E-state index in [2.05, 4.69) is 0 Å². The largest absolute Gasteiger partial charge is 0.324 e. The van der Waals surface area contributed by atoms with Crippen molar-refractivity contribution < 1.29 is 9.59 Å². The van der Waals surface area contributed by atoms with E-state index < -0.39 is 0 Å². The molecule has 4 rings (SSSR count). The molecule has 0 spiro atoms. The normalized spacial score (nSPS) is 14.0. The minimum Gasteiger partial charge on any atom is -0.324 e. The summed E-state index contributed by atoms with van der Waals surface area (Å²) < 4.78 is 0. The Balaban J connectivity index is 1.70. The van der Waals surface area contributed by atoms with Gasteiger partial charge in [-0.2, -0.15) is 0 Å². The molecule has 0 N–H and O–H groups in total. The molecule has 1 heterocycles. The zero-order valence-corrected chi connectivity index (χ0v) is 15.4. The molecule has 0 saturated carbocycles. The maximum atomic E-state index is 13.4. The molecular formula is C23H22N2O2. The summed E-state index contributed by atoms with van der Waals surface area (Å²) in [5, 5.41) is 2.13. The topological polar surface area (TPSA) is 40.6 Å². The molecule has 0 unspecified atom stereocenters. The lowest BCUT2D eigenvalue weighted by Crippen LogP contribution is -2.42. The van der Waals surface area contributed by atoms with Gasteiger partial charge in [0.15, 0.2) is 0 Å². The van der Waals surface area contributed by atoms with Crippen molar-refractivity contribution in [2.24, 2.45) is 0 Å². The zero-order valence-electron chi connectivity index (χ0n) is 15.4. The summed E-state index contributed by atoms with van der Waals surface area (Å²) in [5.74, 6) is 0.0164. The van der Waals surface area contributed by atoms with Crippen LogP contribution in [-0.4, -0.2) is 29.9 Å². The first kappa shape index (κ1) is 17.3. The van der Waals surface area contributed by atoms with Gasteiger partial charge in [-0.1, -0.05) is 48.0 Å². The summed E-state index contributed by atoms with van der Waals surface area (Å²) in [6.45, 7) is 3.00. The number of hydrogen-bond donors (Lipinski definition) is 0. The monoisotopic (exact) mass is 358 g/mol. The first-order valence-corrected chi connectivity index (χ1v) is 9.27. The van der Waals surface area contributed by atoms with Crippen LogP contribution in [0, 0.1) is 6.92 Å². The molecule has 3 aromatic rings. The van der Waals surface area contributed by atoms with E-state index in [-0.39, 0.29) is 18.5 Å². The first-order chi connectivity index (χ1) is 13.1. The van der Waals surface area contributed by atoms with E-state index in [4.69, 9.17) is 0 Å². The molecule has 0 atom stereocenters. The average Bonchev–Trinajstić information content (AvgIpc) is 3.10. The number of fused-ring (bicyclic) bond motifs is 1. The maximum absolute atomic E-state index is 13.4. The molecule has 1 fully saturated rings. The van der Waals surface area contributed by atoms with Crippen molar-refractivity contribution in [1.82, 2.24) is 4.90 Å². The molecule has 2 amide bonds. The highest BCUT2D eigenvalue weighted by molar-refractivity contribution is 6.08. The lowest BCUT2D eigenvalue weighted by Gasteiger charge is -2.28. The molecule has 1 saturated heterocycles. The molecule has 4 nitrogen and oxygen atoms in total. The van der Waals surface area contributed by atoms with Gasteiger partial charge in [0.1, 0.15) is 6.67 Å². The molecule has 4 heteroatoms. The molecule has 0 radical (unpaired) electrons. The fourth-order valence-electron chi connectivity index (χ4n) is 3.49. The Hall–Kier alpha value is -3.14. The van der Waals surface area contributed by atoms with Gasteiger partial charge in [-0.3, -0.25) is 14.5 Å². The van der Waals surface area contributed by atoms with E-state index in [1.807, 2.05) is 73.7 Å². The van der Waals surface area contributed by atoms with Crippen molar-refractivity contribution in [2.45, 2.75) is 19.8 Å². The van der Waals surface area contributed by atoms with Crippen molar-refractivity contribution in [2.75, 3.05) is 18.1 Å². The fourth-order valence-corrected chi connectivity index (χ4v) is 3.49. The Morgan fingerprint density at radius 1 is 1.00 bits per heavy atom. The van der Waals surface area contributed by atoms with E-state index in [9.17, 15) is 9.59 Å². The summed E-state index contributed by atoms with van der Waals surface area (Å²) in [7, 11) is 0. The number of carbonyl (C=O) groups excluding carboxylic acids is 2. The van der Waals surface area contributed by atoms with Crippen molar-refractivity contribution in [3.8, 4) is 0 Å². The van der Waals surface area contributed by atoms with Crippen LogP contribution >= 0.6 is 0 Å². The molecule has 136 valence electrons. The summed E-state index contributed by atoms with van der Waals surface area (Å²) in [5.41, 5.74) is 2.56. The molecule has 27 heavy (non-hydrogen) atoms. The summed E-state index contributed by atoms with van der Waals surface area (Å²) in [6.07, 6.45) is 1.41. The molecular weight excluding hydrogens is 336 g/mol. The molecule has 0 bridgehead atoms. The quantitative estimate of drug-likeness (QED) is 0.695. The van der Waals surface area contributed by atoms with Crippen LogP contribution in [-0.2, 0) is 4.79 Å². The van der Waals surface area contributed by atoms with Gasteiger partial charge in [0.2, 0.25) is 5.91 Å². The summed E-state index contributed by atoms with van der Waals surface area (Å²) in [4.78, 5) is 28.9. The first-order valence-electron chi connectivity index (χ1n) is 9.27. The Morgan fingerprint density at radius 2 is 1.74 bits per heavy atom. The molecule has 3 aromatic carbocycles. The highest BCUT2D eigenvalue weighted by atomic mass is 16.2. The zero-order chi connectivity index (χ0) is 18.8. The second-order valence-electron chi connectivity index (χ2n) is 7.03. The fraction of sp³-hybridized carbons (Fsp3) is 0.217. The van der Waals surface area contributed by atoms with Gasteiger partial charge < -0.3 is 4.90 Å². The van der Waals surface area contributed by atoms with Crippen molar-refractivity contribution in [1.29, 1.82) is 0 Å².